The minimum Gasteiger partial charge on any atom is -0.423 e. The summed E-state index contributed by atoms with van der Waals surface area (Å²) in [5, 5.41) is 0.781. The van der Waals surface area contributed by atoms with E-state index in [9.17, 15) is 13.2 Å². The molecular weight excluding hydrogens is 242 g/mol. The molecule has 0 unspecified atom stereocenters. The van der Waals surface area contributed by atoms with Crippen molar-refractivity contribution in [1.82, 2.24) is 0 Å². The second-order valence-electron chi connectivity index (χ2n) is 3.83. The first-order valence-electron chi connectivity index (χ1n) is 4.87. The molecule has 0 radical (unpaired) electrons. The molecule has 2 aromatic rings. The van der Waals surface area contributed by atoms with Crippen LogP contribution in [0.25, 0.3) is 11.0 Å². The van der Waals surface area contributed by atoms with Crippen molar-refractivity contribution in [2.75, 3.05) is 11.0 Å². The Morgan fingerprint density at radius 3 is 2.59 bits per heavy atom. The maximum atomic E-state index is 11.2. The SMILES string of the molecule is Cc1cc(=O)oc2cc(NS(C)(=O)=O)ccc12. The van der Waals surface area contributed by atoms with E-state index in [-0.39, 0.29) is 0 Å². The Kier molecular flexibility index (Phi) is 2.66. The van der Waals surface area contributed by atoms with Gasteiger partial charge in [-0.2, -0.15) is 0 Å². The number of nitrogens with one attached hydrogen (secondary N) is 1. The van der Waals surface area contributed by atoms with Gasteiger partial charge in [0, 0.05) is 17.5 Å². The van der Waals surface area contributed by atoms with Crippen molar-refractivity contribution in [3.8, 4) is 0 Å². The fraction of sp³-hybridized carbons (Fsp3) is 0.182. The van der Waals surface area contributed by atoms with Gasteiger partial charge in [0.15, 0.2) is 0 Å². The molecule has 0 atom stereocenters. The van der Waals surface area contributed by atoms with Gasteiger partial charge in [0.2, 0.25) is 10.0 Å². The zero-order valence-corrected chi connectivity index (χ0v) is 10.2. The monoisotopic (exact) mass is 253 g/mol. The number of aryl methyl sites for hydroxylation is 1. The molecule has 0 saturated carbocycles. The van der Waals surface area contributed by atoms with Crippen LogP contribution in [0.5, 0.6) is 0 Å². The van der Waals surface area contributed by atoms with Gasteiger partial charge in [-0.1, -0.05) is 0 Å². The highest BCUT2D eigenvalue weighted by Gasteiger charge is 2.06. The highest BCUT2D eigenvalue weighted by Crippen LogP contribution is 2.21. The van der Waals surface area contributed by atoms with Crippen LogP contribution >= 0.6 is 0 Å². The number of benzene rings is 1. The molecule has 0 spiro atoms. The van der Waals surface area contributed by atoms with Crippen LogP contribution in [0.3, 0.4) is 0 Å². The topological polar surface area (TPSA) is 76.4 Å². The maximum absolute atomic E-state index is 11.2. The van der Waals surface area contributed by atoms with Gasteiger partial charge in [-0.25, -0.2) is 13.2 Å². The maximum Gasteiger partial charge on any atom is 0.336 e. The first kappa shape index (κ1) is 11.7. The molecule has 0 fully saturated rings. The third-order valence-corrected chi connectivity index (χ3v) is 2.86. The second kappa shape index (κ2) is 3.89. The highest BCUT2D eigenvalue weighted by molar-refractivity contribution is 7.92. The summed E-state index contributed by atoms with van der Waals surface area (Å²) in [4.78, 5) is 11.2. The molecule has 0 saturated heterocycles. The molecule has 1 aromatic carbocycles. The Balaban J connectivity index is 2.62. The molecule has 1 aromatic heterocycles. The first-order chi connectivity index (χ1) is 7.85. The summed E-state index contributed by atoms with van der Waals surface area (Å²) in [6.45, 7) is 1.79. The Hall–Kier alpha value is -1.82. The predicted molar refractivity (Wildman–Crippen MR) is 65.7 cm³/mol. The van der Waals surface area contributed by atoms with Crippen molar-refractivity contribution >= 4 is 26.7 Å². The van der Waals surface area contributed by atoms with Crippen LogP contribution in [-0.4, -0.2) is 14.7 Å². The first-order valence-corrected chi connectivity index (χ1v) is 6.76. The number of sulfonamides is 1. The van der Waals surface area contributed by atoms with Crippen LogP contribution in [0.2, 0.25) is 0 Å². The predicted octanol–water partition coefficient (Wildman–Crippen LogP) is 1.47. The summed E-state index contributed by atoms with van der Waals surface area (Å²) in [6, 6.07) is 6.22. The molecule has 0 aliphatic rings. The molecule has 5 nitrogen and oxygen atoms in total. The summed E-state index contributed by atoms with van der Waals surface area (Å²) in [6.07, 6.45) is 1.06. The Morgan fingerprint density at radius 1 is 1.24 bits per heavy atom. The molecule has 1 N–H and O–H groups in total. The van der Waals surface area contributed by atoms with Crippen LogP contribution in [0.15, 0.2) is 33.5 Å². The van der Waals surface area contributed by atoms with E-state index in [0.717, 1.165) is 17.2 Å². The molecule has 17 heavy (non-hydrogen) atoms. The van der Waals surface area contributed by atoms with Crippen molar-refractivity contribution in [2.45, 2.75) is 6.92 Å². The number of anilines is 1. The zero-order chi connectivity index (χ0) is 12.6. The molecule has 0 amide bonds. The fourth-order valence-corrected chi connectivity index (χ4v) is 2.16. The molecular formula is C11H11NO4S. The molecule has 0 aliphatic heterocycles. The van der Waals surface area contributed by atoms with Gasteiger partial charge in [0.1, 0.15) is 5.58 Å². The summed E-state index contributed by atoms with van der Waals surface area (Å²) >= 11 is 0. The van der Waals surface area contributed by atoms with Gasteiger partial charge < -0.3 is 4.42 Å². The zero-order valence-electron chi connectivity index (χ0n) is 9.35. The van der Waals surface area contributed by atoms with Crippen LogP contribution in [-0.2, 0) is 10.0 Å². The lowest BCUT2D eigenvalue weighted by Crippen LogP contribution is -2.09. The van der Waals surface area contributed by atoms with E-state index in [1.54, 1.807) is 19.1 Å². The lowest BCUT2D eigenvalue weighted by atomic mass is 10.1. The quantitative estimate of drug-likeness (QED) is 0.822. The summed E-state index contributed by atoms with van der Waals surface area (Å²) in [5.41, 5.74) is 1.08. The van der Waals surface area contributed by atoms with E-state index in [1.165, 1.54) is 12.1 Å². The molecule has 0 aliphatic carbocycles. The average molecular weight is 253 g/mol. The largest absolute Gasteiger partial charge is 0.423 e. The summed E-state index contributed by atoms with van der Waals surface area (Å²) in [5.74, 6) is 0. The van der Waals surface area contributed by atoms with E-state index in [4.69, 9.17) is 4.42 Å². The summed E-state index contributed by atoms with van der Waals surface area (Å²) in [7, 11) is -3.34. The van der Waals surface area contributed by atoms with Crippen LogP contribution < -0.4 is 10.3 Å². The van der Waals surface area contributed by atoms with Gasteiger partial charge in [0.05, 0.1) is 11.9 Å². The van der Waals surface area contributed by atoms with Crippen molar-refractivity contribution in [1.29, 1.82) is 0 Å². The van der Waals surface area contributed by atoms with E-state index >= 15 is 0 Å². The molecule has 0 bridgehead atoms. The number of rotatable bonds is 2. The van der Waals surface area contributed by atoms with Gasteiger partial charge in [0.25, 0.3) is 0 Å². The average Bonchev–Trinajstić information content (AvgIpc) is 2.13. The Labute approximate surface area is 98.1 Å². The van der Waals surface area contributed by atoms with Crippen molar-refractivity contribution in [3.63, 3.8) is 0 Å². The Morgan fingerprint density at radius 2 is 1.94 bits per heavy atom. The standard InChI is InChI=1S/C11H11NO4S/c1-7-5-11(13)16-10-6-8(3-4-9(7)10)12-17(2,14)15/h3-6,12H,1-2H3. The molecule has 2 rings (SSSR count). The lowest BCUT2D eigenvalue weighted by Gasteiger charge is -2.05. The van der Waals surface area contributed by atoms with Crippen molar-refractivity contribution in [3.05, 3.63) is 40.2 Å². The molecule has 1 heterocycles. The van der Waals surface area contributed by atoms with Gasteiger partial charge in [-0.3, -0.25) is 4.72 Å². The van der Waals surface area contributed by atoms with E-state index in [2.05, 4.69) is 4.72 Å². The van der Waals surface area contributed by atoms with Crippen LogP contribution in [0.4, 0.5) is 5.69 Å². The molecule has 6 heteroatoms. The number of hydrogen-bond donors (Lipinski definition) is 1. The Bertz CT molecular complexity index is 731. The number of hydrogen-bond acceptors (Lipinski definition) is 4. The van der Waals surface area contributed by atoms with Gasteiger partial charge in [-0.05, 0) is 24.6 Å². The van der Waals surface area contributed by atoms with Crippen molar-refractivity contribution in [2.24, 2.45) is 0 Å². The van der Waals surface area contributed by atoms with E-state index in [1.807, 2.05) is 0 Å². The van der Waals surface area contributed by atoms with Crippen LogP contribution in [0, 0.1) is 6.92 Å². The highest BCUT2D eigenvalue weighted by atomic mass is 32.2. The minimum absolute atomic E-state index is 0.364. The fourth-order valence-electron chi connectivity index (χ4n) is 1.60. The van der Waals surface area contributed by atoms with Crippen LogP contribution in [0.1, 0.15) is 5.56 Å². The lowest BCUT2D eigenvalue weighted by molar-refractivity contribution is 0.560. The van der Waals surface area contributed by atoms with Gasteiger partial charge in [-0.15, -0.1) is 0 Å². The third kappa shape index (κ3) is 2.65. The minimum atomic E-state index is -3.34. The van der Waals surface area contributed by atoms with E-state index in [0.29, 0.717) is 11.3 Å². The summed E-state index contributed by atoms with van der Waals surface area (Å²) < 4.78 is 29.5. The van der Waals surface area contributed by atoms with Crippen molar-refractivity contribution < 1.29 is 12.8 Å². The second-order valence-corrected chi connectivity index (χ2v) is 5.58. The van der Waals surface area contributed by atoms with E-state index < -0.39 is 15.6 Å². The smallest absolute Gasteiger partial charge is 0.336 e. The van der Waals surface area contributed by atoms with Gasteiger partial charge >= 0.3 is 5.63 Å². The normalized spacial score (nSPS) is 11.6. The molecule has 90 valence electrons. The third-order valence-electron chi connectivity index (χ3n) is 2.25. The number of fused-ring (bicyclic) bond motifs is 1.